The lowest BCUT2D eigenvalue weighted by Gasteiger charge is -2.08. The Bertz CT molecular complexity index is 617. The van der Waals surface area contributed by atoms with E-state index in [9.17, 15) is 4.79 Å². The summed E-state index contributed by atoms with van der Waals surface area (Å²) < 4.78 is 7.01. The Hall–Kier alpha value is -2.10. The van der Waals surface area contributed by atoms with Crippen LogP contribution in [-0.4, -0.2) is 22.7 Å². The maximum absolute atomic E-state index is 12.5. The van der Waals surface area contributed by atoms with Crippen LogP contribution in [0.1, 0.15) is 41.4 Å². The van der Waals surface area contributed by atoms with Crippen molar-refractivity contribution in [1.82, 2.24) is 9.78 Å². The van der Waals surface area contributed by atoms with Crippen molar-refractivity contribution in [2.24, 2.45) is 0 Å². The summed E-state index contributed by atoms with van der Waals surface area (Å²) in [6.45, 7) is 4.87. The Morgan fingerprint density at radius 3 is 2.76 bits per heavy atom. The van der Waals surface area contributed by atoms with Gasteiger partial charge in [0.15, 0.2) is 11.5 Å². The topological polar surface area (TPSA) is 44.1 Å². The lowest BCUT2D eigenvalue weighted by atomic mass is 10.0. The predicted octanol–water partition coefficient (Wildman–Crippen LogP) is 3.43. The van der Waals surface area contributed by atoms with Crippen molar-refractivity contribution in [3.63, 3.8) is 0 Å². The molecule has 0 bridgehead atoms. The third kappa shape index (κ3) is 3.51. The highest BCUT2D eigenvalue weighted by atomic mass is 16.5. The van der Waals surface area contributed by atoms with E-state index < -0.39 is 0 Å². The molecular weight excluding hydrogens is 264 g/mol. The molecule has 0 unspecified atom stereocenters. The highest BCUT2D eigenvalue weighted by Gasteiger charge is 2.19. The molecule has 0 saturated heterocycles. The third-order valence-corrected chi connectivity index (χ3v) is 3.61. The molecule has 0 spiro atoms. The lowest BCUT2D eigenvalue weighted by Crippen LogP contribution is -2.12. The minimum atomic E-state index is 0.0843. The van der Waals surface area contributed by atoms with Gasteiger partial charge in [-0.25, -0.2) is 0 Å². The standard InChI is InChI=1S/C17H22N2O2/c1-4-11-19-17(16(21-3)12-18-19)15(20)10-9-14-8-6-5-7-13(14)2/h5-8,12H,4,9-11H2,1-3H3. The smallest absolute Gasteiger partial charge is 0.185 e. The first kappa shape index (κ1) is 15.3. The number of hydrogen-bond acceptors (Lipinski definition) is 3. The van der Waals surface area contributed by atoms with Gasteiger partial charge in [-0.1, -0.05) is 31.2 Å². The van der Waals surface area contributed by atoms with Crippen LogP contribution in [0.4, 0.5) is 0 Å². The molecule has 0 saturated carbocycles. The second-order valence-corrected chi connectivity index (χ2v) is 5.13. The molecule has 0 radical (unpaired) electrons. The van der Waals surface area contributed by atoms with Crippen molar-refractivity contribution in [1.29, 1.82) is 0 Å². The molecule has 0 amide bonds. The summed E-state index contributed by atoms with van der Waals surface area (Å²) in [5.74, 6) is 0.652. The van der Waals surface area contributed by atoms with E-state index in [-0.39, 0.29) is 5.78 Å². The summed E-state index contributed by atoms with van der Waals surface area (Å²) in [7, 11) is 1.57. The number of ether oxygens (including phenoxy) is 1. The fourth-order valence-electron chi connectivity index (χ4n) is 2.44. The van der Waals surface area contributed by atoms with E-state index in [4.69, 9.17) is 4.74 Å². The molecule has 0 atom stereocenters. The Morgan fingerprint density at radius 2 is 2.10 bits per heavy atom. The number of aromatic nitrogens is 2. The second kappa shape index (κ2) is 7.07. The molecule has 21 heavy (non-hydrogen) atoms. The highest BCUT2D eigenvalue weighted by molar-refractivity contribution is 5.97. The molecule has 0 N–H and O–H groups in total. The minimum Gasteiger partial charge on any atom is -0.493 e. The fourth-order valence-corrected chi connectivity index (χ4v) is 2.44. The number of methoxy groups -OCH3 is 1. The third-order valence-electron chi connectivity index (χ3n) is 3.61. The first-order valence-corrected chi connectivity index (χ1v) is 7.34. The molecule has 112 valence electrons. The molecule has 0 aliphatic rings. The average Bonchev–Trinajstić information content (AvgIpc) is 2.89. The number of carbonyl (C=O) groups is 1. The van der Waals surface area contributed by atoms with Gasteiger partial charge in [-0.15, -0.1) is 0 Å². The SMILES string of the molecule is CCCn1ncc(OC)c1C(=O)CCc1ccccc1C. The summed E-state index contributed by atoms with van der Waals surface area (Å²) in [4.78, 5) is 12.5. The van der Waals surface area contributed by atoms with E-state index in [0.29, 0.717) is 17.9 Å². The molecule has 1 aromatic carbocycles. The second-order valence-electron chi connectivity index (χ2n) is 5.13. The number of hydrogen-bond donors (Lipinski definition) is 0. The number of nitrogens with zero attached hydrogens (tertiary/aromatic N) is 2. The maximum atomic E-state index is 12.5. The van der Waals surface area contributed by atoms with E-state index in [2.05, 4.69) is 31.1 Å². The van der Waals surface area contributed by atoms with Crippen molar-refractivity contribution in [2.45, 2.75) is 39.7 Å². The Kier molecular flexibility index (Phi) is 5.14. The van der Waals surface area contributed by atoms with Crippen LogP contribution in [0.15, 0.2) is 30.5 Å². The normalized spacial score (nSPS) is 10.6. The van der Waals surface area contributed by atoms with E-state index in [0.717, 1.165) is 19.4 Å². The number of Topliss-reactive ketones (excluding diaryl/α,β-unsaturated/α-hetero) is 1. The van der Waals surface area contributed by atoms with Crippen LogP contribution in [0.5, 0.6) is 5.75 Å². The minimum absolute atomic E-state index is 0.0843. The van der Waals surface area contributed by atoms with Crippen LogP contribution in [0, 0.1) is 6.92 Å². The van der Waals surface area contributed by atoms with Crippen LogP contribution in [0.25, 0.3) is 0 Å². The average molecular weight is 286 g/mol. The van der Waals surface area contributed by atoms with E-state index in [1.54, 1.807) is 18.0 Å². The predicted molar refractivity (Wildman–Crippen MR) is 82.9 cm³/mol. The summed E-state index contributed by atoms with van der Waals surface area (Å²) >= 11 is 0. The zero-order valence-electron chi connectivity index (χ0n) is 12.9. The van der Waals surface area contributed by atoms with Gasteiger partial charge in [0.05, 0.1) is 13.3 Å². The summed E-state index contributed by atoms with van der Waals surface area (Å²) in [5, 5.41) is 4.24. The highest BCUT2D eigenvalue weighted by Crippen LogP contribution is 2.21. The van der Waals surface area contributed by atoms with Gasteiger partial charge in [-0.05, 0) is 30.9 Å². The molecular formula is C17H22N2O2. The molecule has 2 rings (SSSR count). The van der Waals surface area contributed by atoms with Crippen molar-refractivity contribution in [3.8, 4) is 5.75 Å². The molecule has 0 aliphatic carbocycles. The van der Waals surface area contributed by atoms with Gasteiger partial charge in [0.2, 0.25) is 0 Å². The van der Waals surface area contributed by atoms with Gasteiger partial charge in [0.25, 0.3) is 0 Å². The van der Waals surface area contributed by atoms with Crippen molar-refractivity contribution >= 4 is 5.78 Å². The first-order valence-electron chi connectivity index (χ1n) is 7.34. The van der Waals surface area contributed by atoms with E-state index >= 15 is 0 Å². The summed E-state index contributed by atoms with van der Waals surface area (Å²) in [6, 6.07) is 8.17. The van der Waals surface area contributed by atoms with Crippen LogP contribution in [0.3, 0.4) is 0 Å². The molecule has 0 aliphatic heterocycles. The largest absolute Gasteiger partial charge is 0.493 e. The van der Waals surface area contributed by atoms with Crippen molar-refractivity contribution < 1.29 is 9.53 Å². The zero-order valence-corrected chi connectivity index (χ0v) is 12.9. The zero-order chi connectivity index (χ0) is 15.2. The molecule has 2 aromatic rings. The van der Waals surface area contributed by atoms with Crippen LogP contribution in [-0.2, 0) is 13.0 Å². The fraction of sp³-hybridized carbons (Fsp3) is 0.412. The number of carbonyl (C=O) groups excluding carboxylic acids is 1. The number of aryl methyl sites for hydroxylation is 3. The maximum Gasteiger partial charge on any atom is 0.185 e. The van der Waals surface area contributed by atoms with Gasteiger partial charge < -0.3 is 4.74 Å². The molecule has 1 heterocycles. The number of rotatable bonds is 7. The van der Waals surface area contributed by atoms with Crippen molar-refractivity contribution in [2.75, 3.05) is 7.11 Å². The van der Waals surface area contributed by atoms with Gasteiger partial charge in [-0.2, -0.15) is 5.10 Å². The van der Waals surface area contributed by atoms with Crippen LogP contribution < -0.4 is 4.74 Å². The molecule has 4 heteroatoms. The molecule has 4 nitrogen and oxygen atoms in total. The number of ketones is 1. The Morgan fingerprint density at radius 1 is 1.33 bits per heavy atom. The Balaban J connectivity index is 2.13. The van der Waals surface area contributed by atoms with Crippen LogP contribution in [0.2, 0.25) is 0 Å². The number of benzene rings is 1. The van der Waals surface area contributed by atoms with Gasteiger partial charge in [-0.3, -0.25) is 9.48 Å². The molecule has 1 aromatic heterocycles. The van der Waals surface area contributed by atoms with Crippen molar-refractivity contribution in [3.05, 3.63) is 47.3 Å². The molecule has 0 fully saturated rings. The van der Waals surface area contributed by atoms with Gasteiger partial charge in [0, 0.05) is 13.0 Å². The first-order chi connectivity index (χ1) is 10.2. The van der Waals surface area contributed by atoms with Crippen LogP contribution >= 0.6 is 0 Å². The quantitative estimate of drug-likeness (QED) is 0.732. The summed E-state index contributed by atoms with van der Waals surface area (Å²) in [5.41, 5.74) is 3.03. The monoisotopic (exact) mass is 286 g/mol. The van der Waals surface area contributed by atoms with Gasteiger partial charge in [0.1, 0.15) is 5.69 Å². The summed E-state index contributed by atoms with van der Waals surface area (Å²) in [6.07, 6.45) is 3.77. The van der Waals surface area contributed by atoms with Gasteiger partial charge >= 0.3 is 0 Å². The van der Waals surface area contributed by atoms with E-state index in [1.807, 2.05) is 12.1 Å². The lowest BCUT2D eigenvalue weighted by molar-refractivity contribution is 0.0969. The van der Waals surface area contributed by atoms with E-state index in [1.165, 1.54) is 11.1 Å². The Labute approximate surface area is 125 Å².